The van der Waals surface area contributed by atoms with Gasteiger partial charge in [0, 0.05) is 24.0 Å². The molecule has 2 N–H and O–H groups in total. The van der Waals surface area contributed by atoms with Crippen LogP contribution in [-0.2, 0) is 6.54 Å². The van der Waals surface area contributed by atoms with Crippen molar-refractivity contribution >= 4 is 17.4 Å². The molecule has 132 valence electrons. The maximum atomic E-state index is 12.9. The molecule has 0 aliphatic heterocycles. The molecule has 1 heterocycles. The molecule has 26 heavy (non-hydrogen) atoms. The van der Waals surface area contributed by atoms with Crippen molar-refractivity contribution in [3.63, 3.8) is 0 Å². The smallest absolute Gasteiger partial charge is 0.255 e. The summed E-state index contributed by atoms with van der Waals surface area (Å²) in [4.78, 5) is 16.6. The first-order valence-corrected chi connectivity index (χ1v) is 8.04. The number of hydrogen-bond acceptors (Lipinski definition) is 4. The lowest BCUT2D eigenvalue weighted by atomic mass is 10.2. The number of nitrogens with zero attached hydrogens (tertiary/aromatic N) is 1. The number of hydrogen-bond donors (Lipinski definition) is 2. The van der Waals surface area contributed by atoms with E-state index in [1.54, 1.807) is 61.8 Å². The molecule has 0 saturated heterocycles. The number of carbonyl (C=O) groups is 1. The summed E-state index contributed by atoms with van der Waals surface area (Å²) >= 11 is 0. The van der Waals surface area contributed by atoms with Gasteiger partial charge in [0.15, 0.2) is 0 Å². The average Bonchev–Trinajstić information content (AvgIpc) is 2.68. The highest BCUT2D eigenvalue weighted by atomic mass is 19.1. The van der Waals surface area contributed by atoms with Crippen LogP contribution in [-0.4, -0.2) is 18.0 Å². The molecule has 3 rings (SSSR count). The van der Waals surface area contributed by atoms with Crippen molar-refractivity contribution < 1.29 is 13.9 Å². The molecule has 1 aromatic heterocycles. The van der Waals surface area contributed by atoms with E-state index in [1.807, 2.05) is 0 Å². The second-order valence-corrected chi connectivity index (χ2v) is 5.59. The van der Waals surface area contributed by atoms with Crippen LogP contribution in [0.1, 0.15) is 15.9 Å². The van der Waals surface area contributed by atoms with E-state index in [0.29, 0.717) is 23.6 Å². The van der Waals surface area contributed by atoms with Gasteiger partial charge in [0.2, 0.25) is 0 Å². The van der Waals surface area contributed by atoms with Gasteiger partial charge in [-0.1, -0.05) is 12.1 Å². The summed E-state index contributed by atoms with van der Waals surface area (Å²) in [5, 5.41) is 5.95. The van der Waals surface area contributed by atoms with E-state index in [0.717, 1.165) is 11.3 Å². The summed E-state index contributed by atoms with van der Waals surface area (Å²) in [6.45, 7) is 0.483. The number of methoxy groups -OCH3 is 1. The van der Waals surface area contributed by atoms with Crippen LogP contribution in [0.25, 0.3) is 0 Å². The van der Waals surface area contributed by atoms with Crippen LogP contribution in [0.2, 0.25) is 0 Å². The summed E-state index contributed by atoms with van der Waals surface area (Å²) in [5.74, 6) is 0.780. The molecule has 3 aromatic rings. The van der Waals surface area contributed by atoms with Crippen molar-refractivity contribution in [3.8, 4) is 5.75 Å². The Labute approximate surface area is 150 Å². The standard InChI is InChI=1S/C20H18FN3O2/c1-26-18-8-6-17(7-9-18)24-20(25)15-10-11-22-19(12-15)23-13-14-2-4-16(21)5-3-14/h2-12H,13H2,1H3,(H,22,23)(H,24,25). The van der Waals surface area contributed by atoms with Gasteiger partial charge in [-0.15, -0.1) is 0 Å². The van der Waals surface area contributed by atoms with Crippen LogP contribution in [0.5, 0.6) is 5.75 Å². The van der Waals surface area contributed by atoms with E-state index in [2.05, 4.69) is 15.6 Å². The first-order chi connectivity index (χ1) is 12.6. The highest BCUT2D eigenvalue weighted by molar-refractivity contribution is 6.04. The summed E-state index contributed by atoms with van der Waals surface area (Å²) < 4.78 is 18.0. The fourth-order valence-corrected chi connectivity index (χ4v) is 2.34. The Morgan fingerprint density at radius 1 is 1.08 bits per heavy atom. The van der Waals surface area contributed by atoms with Crippen LogP contribution >= 0.6 is 0 Å². The number of aromatic nitrogens is 1. The maximum Gasteiger partial charge on any atom is 0.255 e. The first-order valence-electron chi connectivity index (χ1n) is 8.04. The molecule has 1 amide bonds. The molecule has 0 saturated carbocycles. The fourth-order valence-electron chi connectivity index (χ4n) is 2.34. The number of ether oxygens (including phenoxy) is 1. The lowest BCUT2D eigenvalue weighted by Gasteiger charge is -2.09. The second kappa shape index (κ2) is 8.11. The van der Waals surface area contributed by atoms with Crippen LogP contribution < -0.4 is 15.4 Å². The third-order valence-electron chi connectivity index (χ3n) is 3.76. The number of benzene rings is 2. The van der Waals surface area contributed by atoms with E-state index >= 15 is 0 Å². The van der Waals surface area contributed by atoms with E-state index in [4.69, 9.17) is 4.74 Å². The normalized spacial score (nSPS) is 10.2. The molecule has 0 unspecified atom stereocenters. The average molecular weight is 351 g/mol. The van der Waals surface area contributed by atoms with Crippen LogP contribution in [0.4, 0.5) is 15.9 Å². The fraction of sp³-hybridized carbons (Fsp3) is 0.100. The highest BCUT2D eigenvalue weighted by Gasteiger charge is 2.08. The Hall–Kier alpha value is -3.41. The maximum absolute atomic E-state index is 12.9. The van der Waals surface area contributed by atoms with Crippen LogP contribution in [0.15, 0.2) is 66.9 Å². The zero-order chi connectivity index (χ0) is 18.4. The van der Waals surface area contributed by atoms with E-state index in [1.165, 1.54) is 12.1 Å². The molecule has 0 spiro atoms. The Morgan fingerprint density at radius 2 is 1.81 bits per heavy atom. The molecule has 5 nitrogen and oxygen atoms in total. The number of amides is 1. The number of pyridine rings is 1. The summed E-state index contributed by atoms with van der Waals surface area (Å²) in [7, 11) is 1.59. The molecule has 0 fully saturated rings. The van der Waals surface area contributed by atoms with Crippen molar-refractivity contribution in [1.29, 1.82) is 0 Å². The molecular weight excluding hydrogens is 333 g/mol. The number of halogens is 1. The number of rotatable bonds is 6. The lowest BCUT2D eigenvalue weighted by molar-refractivity contribution is 0.102. The van der Waals surface area contributed by atoms with Gasteiger partial charge < -0.3 is 15.4 Å². The monoisotopic (exact) mass is 351 g/mol. The molecular formula is C20H18FN3O2. The highest BCUT2D eigenvalue weighted by Crippen LogP contribution is 2.17. The molecule has 6 heteroatoms. The van der Waals surface area contributed by atoms with Crippen molar-refractivity contribution in [3.05, 3.63) is 83.8 Å². The van der Waals surface area contributed by atoms with E-state index in [-0.39, 0.29) is 11.7 Å². The minimum atomic E-state index is -0.274. The van der Waals surface area contributed by atoms with Gasteiger partial charge in [-0.2, -0.15) is 0 Å². The minimum Gasteiger partial charge on any atom is -0.497 e. The lowest BCUT2D eigenvalue weighted by Crippen LogP contribution is -2.12. The van der Waals surface area contributed by atoms with Crippen molar-refractivity contribution in [2.45, 2.75) is 6.54 Å². The topological polar surface area (TPSA) is 63.2 Å². The van der Waals surface area contributed by atoms with Crippen molar-refractivity contribution in [2.75, 3.05) is 17.7 Å². The molecule has 0 aliphatic carbocycles. The summed E-state index contributed by atoms with van der Waals surface area (Å²) in [6.07, 6.45) is 1.57. The van der Waals surface area contributed by atoms with Gasteiger partial charge in [0.25, 0.3) is 5.91 Å². The SMILES string of the molecule is COc1ccc(NC(=O)c2ccnc(NCc3ccc(F)cc3)c2)cc1. The van der Waals surface area contributed by atoms with Gasteiger partial charge >= 0.3 is 0 Å². The first kappa shape index (κ1) is 17.4. The third kappa shape index (κ3) is 4.57. The number of anilines is 2. The molecule has 0 aliphatic rings. The number of carbonyl (C=O) groups excluding carboxylic acids is 1. The van der Waals surface area contributed by atoms with E-state index in [9.17, 15) is 9.18 Å². The van der Waals surface area contributed by atoms with E-state index < -0.39 is 0 Å². The Kier molecular flexibility index (Phi) is 5.43. The number of nitrogens with one attached hydrogen (secondary N) is 2. The molecule has 2 aromatic carbocycles. The minimum absolute atomic E-state index is 0.234. The zero-order valence-corrected chi connectivity index (χ0v) is 14.2. The Balaban J connectivity index is 1.63. The molecule has 0 bridgehead atoms. The van der Waals surface area contributed by atoms with Gasteiger partial charge in [0.05, 0.1) is 7.11 Å². The van der Waals surface area contributed by atoms with Gasteiger partial charge in [-0.05, 0) is 54.1 Å². The third-order valence-corrected chi connectivity index (χ3v) is 3.76. The molecule has 0 atom stereocenters. The van der Waals surface area contributed by atoms with Gasteiger partial charge in [0.1, 0.15) is 17.4 Å². The molecule has 0 radical (unpaired) electrons. The zero-order valence-electron chi connectivity index (χ0n) is 14.2. The van der Waals surface area contributed by atoms with Crippen LogP contribution in [0, 0.1) is 5.82 Å². The largest absolute Gasteiger partial charge is 0.497 e. The summed E-state index contributed by atoms with van der Waals surface area (Å²) in [5.41, 5.74) is 2.08. The van der Waals surface area contributed by atoms with Crippen molar-refractivity contribution in [2.24, 2.45) is 0 Å². The van der Waals surface area contributed by atoms with Gasteiger partial charge in [-0.3, -0.25) is 4.79 Å². The Morgan fingerprint density at radius 3 is 2.50 bits per heavy atom. The summed E-state index contributed by atoms with van der Waals surface area (Å²) in [6, 6.07) is 16.6. The van der Waals surface area contributed by atoms with Crippen molar-refractivity contribution in [1.82, 2.24) is 4.98 Å². The quantitative estimate of drug-likeness (QED) is 0.702. The second-order valence-electron chi connectivity index (χ2n) is 5.59. The van der Waals surface area contributed by atoms with Crippen LogP contribution in [0.3, 0.4) is 0 Å². The Bertz CT molecular complexity index is 880. The van der Waals surface area contributed by atoms with Gasteiger partial charge in [-0.25, -0.2) is 9.37 Å². The predicted octanol–water partition coefficient (Wildman–Crippen LogP) is 4.09. The predicted molar refractivity (Wildman–Crippen MR) is 98.9 cm³/mol.